The Kier molecular flexibility index (Phi) is 4.44. The van der Waals surface area contributed by atoms with E-state index in [1.807, 2.05) is 56.3 Å². The highest BCUT2D eigenvalue weighted by molar-refractivity contribution is 5.99. The number of nitrogens with zero attached hydrogens (tertiary/aromatic N) is 2. The van der Waals surface area contributed by atoms with Crippen LogP contribution < -0.4 is 10.7 Å². The molecule has 0 saturated carbocycles. The van der Waals surface area contributed by atoms with Gasteiger partial charge >= 0.3 is 6.03 Å². The van der Waals surface area contributed by atoms with Crippen LogP contribution in [0.4, 0.5) is 10.6 Å². The smallest absolute Gasteiger partial charge is 0.291 e. The molecule has 1 aromatic carbocycles. The van der Waals surface area contributed by atoms with Crippen LogP contribution in [0.2, 0.25) is 0 Å². The minimum Gasteiger partial charge on any atom is -0.291 e. The highest BCUT2D eigenvalue weighted by Gasteiger charge is 2.04. The molecule has 1 heterocycles. The molecule has 5 heteroatoms. The first-order valence-corrected chi connectivity index (χ1v) is 6.25. The lowest BCUT2D eigenvalue weighted by molar-refractivity contribution is 0.252. The Bertz CT molecular complexity index is 623. The van der Waals surface area contributed by atoms with Gasteiger partial charge in [0.1, 0.15) is 5.82 Å². The number of amides is 2. The Morgan fingerprint density at radius 1 is 1.15 bits per heavy atom. The third-order valence-electron chi connectivity index (χ3n) is 2.76. The van der Waals surface area contributed by atoms with Gasteiger partial charge in [-0.15, -0.1) is 0 Å². The Morgan fingerprint density at radius 2 is 1.90 bits per heavy atom. The molecule has 2 N–H and O–H groups in total. The summed E-state index contributed by atoms with van der Waals surface area (Å²) in [7, 11) is 0. The summed E-state index contributed by atoms with van der Waals surface area (Å²) in [6.45, 7) is 3.71. The second-order valence-corrected chi connectivity index (χ2v) is 4.30. The maximum Gasteiger partial charge on any atom is 0.340 e. The lowest BCUT2D eigenvalue weighted by Crippen LogP contribution is -2.26. The first kappa shape index (κ1) is 13.7. The first-order valence-electron chi connectivity index (χ1n) is 6.25. The van der Waals surface area contributed by atoms with Gasteiger partial charge in [0.25, 0.3) is 0 Å². The second-order valence-electron chi connectivity index (χ2n) is 4.30. The Morgan fingerprint density at radius 3 is 2.60 bits per heavy atom. The summed E-state index contributed by atoms with van der Waals surface area (Å²) < 4.78 is 0. The fourth-order valence-corrected chi connectivity index (χ4v) is 1.63. The Balaban J connectivity index is 1.97. The number of hydrogen-bond acceptors (Lipinski definition) is 3. The van der Waals surface area contributed by atoms with Crippen LogP contribution in [-0.2, 0) is 0 Å². The lowest BCUT2D eigenvalue weighted by atomic mass is 10.1. The van der Waals surface area contributed by atoms with Gasteiger partial charge in [-0.25, -0.2) is 15.2 Å². The van der Waals surface area contributed by atoms with Crippen molar-refractivity contribution in [1.82, 2.24) is 10.4 Å². The van der Waals surface area contributed by atoms with Gasteiger partial charge in [0, 0.05) is 6.20 Å². The summed E-state index contributed by atoms with van der Waals surface area (Å²) in [6.07, 6.45) is 1.63. The van der Waals surface area contributed by atoms with Crippen LogP contribution in [0.3, 0.4) is 0 Å². The van der Waals surface area contributed by atoms with E-state index >= 15 is 0 Å². The number of carbonyl (C=O) groups is 1. The number of carbonyl (C=O) groups excluding carboxylic acids is 1. The van der Waals surface area contributed by atoms with Gasteiger partial charge in [0.15, 0.2) is 0 Å². The van der Waals surface area contributed by atoms with E-state index in [2.05, 4.69) is 20.8 Å². The van der Waals surface area contributed by atoms with Crippen molar-refractivity contribution in [2.45, 2.75) is 13.8 Å². The average Bonchev–Trinajstić information content (AvgIpc) is 2.48. The van der Waals surface area contributed by atoms with Gasteiger partial charge in [-0.3, -0.25) is 5.32 Å². The van der Waals surface area contributed by atoms with Crippen LogP contribution in [0.25, 0.3) is 0 Å². The highest BCUT2D eigenvalue weighted by atomic mass is 16.2. The van der Waals surface area contributed by atoms with Gasteiger partial charge in [-0.05, 0) is 31.0 Å². The zero-order chi connectivity index (χ0) is 14.4. The summed E-state index contributed by atoms with van der Waals surface area (Å²) in [5, 5.41) is 6.70. The Hall–Kier alpha value is -2.69. The molecule has 102 valence electrons. The fourth-order valence-electron chi connectivity index (χ4n) is 1.63. The molecule has 0 unspecified atom stereocenters. The van der Waals surface area contributed by atoms with Gasteiger partial charge in [-0.1, -0.05) is 36.4 Å². The first-order chi connectivity index (χ1) is 9.66. The summed E-state index contributed by atoms with van der Waals surface area (Å²) in [4.78, 5) is 15.8. The topological polar surface area (TPSA) is 66.4 Å². The molecule has 0 fully saturated rings. The van der Waals surface area contributed by atoms with E-state index in [1.54, 1.807) is 6.20 Å². The van der Waals surface area contributed by atoms with Crippen molar-refractivity contribution < 1.29 is 4.79 Å². The molecule has 0 radical (unpaired) electrons. The molecule has 20 heavy (non-hydrogen) atoms. The molecule has 2 rings (SSSR count). The third kappa shape index (κ3) is 3.65. The highest BCUT2D eigenvalue weighted by Crippen LogP contribution is 2.08. The van der Waals surface area contributed by atoms with Crippen molar-refractivity contribution in [1.29, 1.82) is 0 Å². The largest absolute Gasteiger partial charge is 0.340 e. The number of pyridine rings is 1. The van der Waals surface area contributed by atoms with Crippen molar-refractivity contribution in [3.05, 3.63) is 59.8 Å². The van der Waals surface area contributed by atoms with E-state index in [0.29, 0.717) is 5.82 Å². The Labute approximate surface area is 117 Å². The summed E-state index contributed by atoms with van der Waals surface area (Å²) in [5.74, 6) is 0.526. The van der Waals surface area contributed by atoms with Crippen molar-refractivity contribution in [2.75, 3.05) is 5.32 Å². The van der Waals surface area contributed by atoms with E-state index in [4.69, 9.17) is 0 Å². The molecule has 0 aliphatic heterocycles. The zero-order valence-electron chi connectivity index (χ0n) is 11.4. The van der Waals surface area contributed by atoms with E-state index in [-0.39, 0.29) is 0 Å². The number of hydrazone groups is 1. The number of rotatable bonds is 3. The molecule has 2 aromatic rings. The molecule has 0 spiro atoms. The van der Waals surface area contributed by atoms with Crippen LogP contribution >= 0.6 is 0 Å². The molecular formula is C15H16N4O. The number of anilines is 1. The van der Waals surface area contributed by atoms with Crippen LogP contribution in [0.1, 0.15) is 18.1 Å². The monoisotopic (exact) mass is 268 g/mol. The third-order valence-corrected chi connectivity index (χ3v) is 2.76. The number of hydrogen-bond donors (Lipinski definition) is 2. The van der Waals surface area contributed by atoms with Gasteiger partial charge < -0.3 is 0 Å². The van der Waals surface area contributed by atoms with E-state index in [0.717, 1.165) is 16.8 Å². The standard InChI is InChI=1S/C15H16N4O/c1-11-7-6-10-16-14(11)17-15(20)19-18-12(2)13-8-4-3-5-9-13/h3-10H,1-2H3,(H2,16,17,19,20)/b18-12+. The average molecular weight is 268 g/mol. The summed E-state index contributed by atoms with van der Waals surface area (Å²) in [6, 6.07) is 12.9. The van der Waals surface area contributed by atoms with E-state index in [1.165, 1.54) is 0 Å². The van der Waals surface area contributed by atoms with Gasteiger partial charge in [-0.2, -0.15) is 5.10 Å². The zero-order valence-corrected chi connectivity index (χ0v) is 11.4. The maximum absolute atomic E-state index is 11.7. The predicted octanol–water partition coefficient (Wildman–Crippen LogP) is 2.94. The van der Waals surface area contributed by atoms with Crippen LogP contribution in [0.5, 0.6) is 0 Å². The van der Waals surface area contributed by atoms with Crippen LogP contribution in [-0.4, -0.2) is 16.7 Å². The van der Waals surface area contributed by atoms with Crippen molar-refractivity contribution in [3.63, 3.8) is 0 Å². The molecule has 0 saturated heterocycles. The summed E-state index contributed by atoms with van der Waals surface area (Å²) in [5.41, 5.74) is 5.04. The minimum absolute atomic E-state index is 0.415. The van der Waals surface area contributed by atoms with Gasteiger partial charge in [0.05, 0.1) is 5.71 Å². The van der Waals surface area contributed by atoms with Crippen molar-refractivity contribution in [3.8, 4) is 0 Å². The molecule has 1 aromatic heterocycles. The molecular weight excluding hydrogens is 252 g/mol. The van der Waals surface area contributed by atoms with Crippen LogP contribution in [0, 0.1) is 6.92 Å². The summed E-state index contributed by atoms with van der Waals surface area (Å²) >= 11 is 0. The van der Waals surface area contributed by atoms with Crippen molar-refractivity contribution in [2.24, 2.45) is 5.10 Å². The molecule has 0 atom stereocenters. The number of benzene rings is 1. The van der Waals surface area contributed by atoms with Crippen LogP contribution in [0.15, 0.2) is 53.8 Å². The normalized spacial score (nSPS) is 11.0. The number of aryl methyl sites for hydroxylation is 1. The lowest BCUT2D eigenvalue weighted by Gasteiger charge is -2.06. The molecule has 0 bridgehead atoms. The number of nitrogens with one attached hydrogen (secondary N) is 2. The van der Waals surface area contributed by atoms with Crippen molar-refractivity contribution >= 4 is 17.6 Å². The molecule has 0 aliphatic rings. The molecule has 2 amide bonds. The number of aromatic nitrogens is 1. The van der Waals surface area contributed by atoms with E-state index < -0.39 is 6.03 Å². The van der Waals surface area contributed by atoms with E-state index in [9.17, 15) is 4.79 Å². The second kappa shape index (κ2) is 6.47. The SMILES string of the molecule is C/C(=N\NC(=O)Nc1ncccc1C)c1ccccc1. The quantitative estimate of drug-likeness (QED) is 0.664. The molecule has 5 nitrogen and oxygen atoms in total. The minimum atomic E-state index is -0.415. The maximum atomic E-state index is 11.7. The van der Waals surface area contributed by atoms with Gasteiger partial charge in [0.2, 0.25) is 0 Å². The predicted molar refractivity (Wildman–Crippen MR) is 79.8 cm³/mol. The molecule has 0 aliphatic carbocycles. The number of urea groups is 1. The fraction of sp³-hybridized carbons (Fsp3) is 0.133.